The molecule has 0 radical (unpaired) electrons. The van der Waals surface area contributed by atoms with Crippen molar-refractivity contribution in [2.24, 2.45) is 0 Å². The number of benzene rings is 2. The summed E-state index contributed by atoms with van der Waals surface area (Å²) < 4.78 is 5.42. The summed E-state index contributed by atoms with van der Waals surface area (Å²) in [5.74, 6) is 0.660. The number of phenolic OH excluding ortho intramolecular Hbond substituents is 1. The van der Waals surface area contributed by atoms with Gasteiger partial charge in [0.25, 0.3) is 5.91 Å². The lowest BCUT2D eigenvalue weighted by Crippen LogP contribution is -2.29. The number of phenols is 1. The molecule has 3 heterocycles. The molecule has 31 heavy (non-hydrogen) atoms. The van der Waals surface area contributed by atoms with Crippen LogP contribution in [-0.4, -0.2) is 38.2 Å². The molecule has 0 unspecified atom stereocenters. The van der Waals surface area contributed by atoms with E-state index in [0.29, 0.717) is 29.2 Å². The van der Waals surface area contributed by atoms with Gasteiger partial charge in [0.1, 0.15) is 22.9 Å². The normalized spacial score (nSPS) is 15.2. The van der Waals surface area contributed by atoms with E-state index in [0.717, 1.165) is 16.7 Å². The topological polar surface area (TPSA) is 91.3 Å². The summed E-state index contributed by atoms with van der Waals surface area (Å²) in [7, 11) is 1.61. The number of ether oxygens (including phenoxy) is 1. The molecule has 0 fully saturated rings. The van der Waals surface area contributed by atoms with E-state index in [4.69, 9.17) is 4.74 Å². The molecule has 2 aromatic heterocycles. The van der Waals surface area contributed by atoms with Gasteiger partial charge in [0.2, 0.25) is 0 Å². The molecule has 0 saturated carbocycles. The van der Waals surface area contributed by atoms with Gasteiger partial charge in [-0.2, -0.15) is 5.10 Å². The molecular weight excluding hydrogens is 392 g/mol. The van der Waals surface area contributed by atoms with E-state index >= 15 is 0 Å². The smallest absolute Gasteiger partial charge is 0.273 e. The number of para-hydroxylation sites is 1. The number of pyridine rings is 1. The minimum atomic E-state index is -0.397. The Labute approximate surface area is 179 Å². The van der Waals surface area contributed by atoms with E-state index in [1.165, 1.54) is 0 Å². The minimum absolute atomic E-state index is 0.111. The van der Waals surface area contributed by atoms with Crippen LogP contribution in [0.1, 0.15) is 33.2 Å². The van der Waals surface area contributed by atoms with Crippen LogP contribution in [0.2, 0.25) is 0 Å². The highest BCUT2D eigenvalue weighted by Gasteiger charge is 2.42. The van der Waals surface area contributed by atoms with E-state index in [-0.39, 0.29) is 11.7 Å². The Kier molecular flexibility index (Phi) is 4.63. The van der Waals surface area contributed by atoms with E-state index in [2.05, 4.69) is 15.2 Å². The molecule has 1 atom stereocenters. The van der Waals surface area contributed by atoms with Crippen molar-refractivity contribution in [3.05, 3.63) is 95.4 Å². The van der Waals surface area contributed by atoms with Gasteiger partial charge in [-0.05, 0) is 41.5 Å². The SMILES string of the molecule is COc1cccc([C@H]2c3c(-c4ccccc4O)n[nH]c3C(=O)N2Cc2cccnc2)c1. The molecular formula is C24H20N4O3. The first kappa shape index (κ1) is 18.9. The van der Waals surface area contributed by atoms with Crippen LogP contribution in [0.4, 0.5) is 0 Å². The first-order valence-corrected chi connectivity index (χ1v) is 9.88. The van der Waals surface area contributed by atoms with Gasteiger partial charge in [-0.15, -0.1) is 0 Å². The van der Waals surface area contributed by atoms with Crippen LogP contribution in [0.25, 0.3) is 11.3 Å². The number of nitrogens with one attached hydrogen (secondary N) is 1. The summed E-state index contributed by atoms with van der Waals surface area (Å²) in [6.07, 6.45) is 3.46. The molecule has 1 aliphatic heterocycles. The Hall–Kier alpha value is -4.13. The maximum atomic E-state index is 13.4. The van der Waals surface area contributed by atoms with Crippen molar-refractivity contribution in [2.75, 3.05) is 7.11 Å². The largest absolute Gasteiger partial charge is 0.507 e. The number of hydrogen-bond acceptors (Lipinski definition) is 5. The Morgan fingerprint density at radius 1 is 1.13 bits per heavy atom. The highest BCUT2D eigenvalue weighted by atomic mass is 16.5. The van der Waals surface area contributed by atoms with Gasteiger partial charge < -0.3 is 14.7 Å². The van der Waals surface area contributed by atoms with Gasteiger partial charge in [0, 0.05) is 30.1 Å². The van der Waals surface area contributed by atoms with E-state index < -0.39 is 6.04 Å². The first-order chi connectivity index (χ1) is 15.2. The second-order valence-electron chi connectivity index (χ2n) is 7.35. The van der Waals surface area contributed by atoms with Crippen molar-refractivity contribution in [2.45, 2.75) is 12.6 Å². The van der Waals surface area contributed by atoms with Gasteiger partial charge in [0.05, 0.1) is 13.2 Å². The van der Waals surface area contributed by atoms with Crippen molar-refractivity contribution in [1.29, 1.82) is 0 Å². The lowest BCUT2D eigenvalue weighted by atomic mass is 9.95. The Bertz CT molecular complexity index is 1250. The third kappa shape index (κ3) is 3.20. The van der Waals surface area contributed by atoms with E-state index in [1.807, 2.05) is 42.5 Å². The molecule has 5 rings (SSSR count). The summed E-state index contributed by atoms with van der Waals surface area (Å²) in [6, 6.07) is 18.0. The number of rotatable bonds is 5. The van der Waals surface area contributed by atoms with E-state index in [9.17, 15) is 9.90 Å². The number of fused-ring (bicyclic) bond motifs is 1. The number of aromatic hydroxyl groups is 1. The number of nitrogens with zero attached hydrogens (tertiary/aromatic N) is 3. The predicted octanol–water partition coefficient (Wildman–Crippen LogP) is 3.93. The first-order valence-electron chi connectivity index (χ1n) is 9.88. The molecule has 2 N–H and O–H groups in total. The summed E-state index contributed by atoms with van der Waals surface area (Å²) in [5, 5.41) is 17.7. The average molecular weight is 412 g/mol. The molecule has 7 nitrogen and oxygen atoms in total. The third-order valence-corrected chi connectivity index (χ3v) is 5.51. The van der Waals surface area contributed by atoms with Crippen molar-refractivity contribution in [3.8, 4) is 22.8 Å². The van der Waals surface area contributed by atoms with Crippen molar-refractivity contribution < 1.29 is 14.6 Å². The summed E-state index contributed by atoms with van der Waals surface area (Å²) in [5.41, 5.74) is 4.12. The fourth-order valence-corrected chi connectivity index (χ4v) is 4.09. The number of amides is 1. The number of H-pyrrole nitrogens is 1. The monoisotopic (exact) mass is 412 g/mol. The summed E-state index contributed by atoms with van der Waals surface area (Å²) in [4.78, 5) is 19.4. The zero-order valence-corrected chi connectivity index (χ0v) is 16.8. The average Bonchev–Trinajstić information content (AvgIpc) is 3.34. The van der Waals surface area contributed by atoms with Crippen LogP contribution < -0.4 is 4.74 Å². The van der Waals surface area contributed by atoms with Crippen LogP contribution in [0.3, 0.4) is 0 Å². The zero-order chi connectivity index (χ0) is 21.4. The molecule has 0 spiro atoms. The van der Waals surface area contributed by atoms with Crippen LogP contribution in [0.15, 0.2) is 73.1 Å². The molecule has 0 saturated heterocycles. The fraction of sp³-hybridized carbons (Fsp3) is 0.125. The second kappa shape index (κ2) is 7.60. The lowest BCUT2D eigenvalue weighted by molar-refractivity contribution is 0.0729. The Balaban J connectivity index is 1.68. The van der Waals surface area contributed by atoms with Gasteiger partial charge in [-0.25, -0.2) is 0 Å². The molecule has 0 aliphatic carbocycles. The maximum absolute atomic E-state index is 13.4. The van der Waals surface area contributed by atoms with Crippen LogP contribution in [0, 0.1) is 0 Å². The number of carbonyl (C=O) groups is 1. The van der Waals surface area contributed by atoms with Crippen molar-refractivity contribution in [3.63, 3.8) is 0 Å². The highest BCUT2D eigenvalue weighted by molar-refractivity contribution is 6.00. The van der Waals surface area contributed by atoms with Crippen molar-refractivity contribution in [1.82, 2.24) is 20.1 Å². The fourth-order valence-electron chi connectivity index (χ4n) is 4.09. The molecule has 1 amide bonds. The van der Waals surface area contributed by atoms with Gasteiger partial charge in [0.15, 0.2) is 0 Å². The van der Waals surface area contributed by atoms with Crippen molar-refractivity contribution >= 4 is 5.91 Å². The van der Waals surface area contributed by atoms with Crippen LogP contribution in [-0.2, 0) is 6.54 Å². The van der Waals surface area contributed by atoms with Gasteiger partial charge in [-0.1, -0.05) is 30.3 Å². The second-order valence-corrected chi connectivity index (χ2v) is 7.35. The third-order valence-electron chi connectivity index (χ3n) is 5.51. The molecule has 2 aromatic carbocycles. The summed E-state index contributed by atoms with van der Waals surface area (Å²) >= 11 is 0. The molecule has 154 valence electrons. The Morgan fingerprint density at radius 3 is 2.77 bits per heavy atom. The number of hydrogen-bond donors (Lipinski definition) is 2. The van der Waals surface area contributed by atoms with Crippen LogP contribution in [0.5, 0.6) is 11.5 Å². The number of aromatic nitrogens is 3. The van der Waals surface area contributed by atoms with Crippen LogP contribution >= 0.6 is 0 Å². The minimum Gasteiger partial charge on any atom is -0.507 e. The molecule has 7 heteroatoms. The van der Waals surface area contributed by atoms with Gasteiger partial charge in [-0.3, -0.25) is 14.9 Å². The predicted molar refractivity (Wildman–Crippen MR) is 115 cm³/mol. The number of carbonyl (C=O) groups excluding carboxylic acids is 1. The van der Waals surface area contributed by atoms with E-state index in [1.54, 1.807) is 42.6 Å². The standard InChI is InChI=1S/C24H20N4O3/c1-31-17-8-4-7-16(12-17)23-20-21(18-9-2-3-10-19(18)29)26-27-22(20)24(30)28(23)14-15-6-5-11-25-13-15/h2-13,23,29H,14H2,1H3,(H,26,27)/t23-/m0/s1. The van der Waals surface area contributed by atoms with Gasteiger partial charge >= 0.3 is 0 Å². The maximum Gasteiger partial charge on any atom is 0.273 e. The molecule has 1 aliphatic rings. The summed E-state index contributed by atoms with van der Waals surface area (Å²) in [6.45, 7) is 0.386. The lowest BCUT2D eigenvalue weighted by Gasteiger charge is -2.26. The quantitative estimate of drug-likeness (QED) is 0.518. The Morgan fingerprint density at radius 2 is 2.00 bits per heavy atom. The molecule has 0 bridgehead atoms. The molecule has 4 aromatic rings. The number of aromatic amines is 1. The number of methoxy groups -OCH3 is 1. The highest BCUT2D eigenvalue weighted by Crippen LogP contribution is 2.45. The zero-order valence-electron chi connectivity index (χ0n) is 16.8.